The van der Waals surface area contributed by atoms with Crippen molar-refractivity contribution in [2.24, 2.45) is 0 Å². The van der Waals surface area contributed by atoms with E-state index in [2.05, 4.69) is 25.2 Å². The van der Waals surface area contributed by atoms with Gasteiger partial charge in [-0.05, 0) is 37.1 Å². The molecule has 0 amide bonds. The molecule has 16 heavy (non-hydrogen) atoms. The van der Waals surface area contributed by atoms with Gasteiger partial charge in [-0.25, -0.2) is 0 Å². The fourth-order valence-corrected chi connectivity index (χ4v) is 2.29. The van der Waals surface area contributed by atoms with Crippen LogP contribution in [0.4, 0.5) is 0 Å². The fourth-order valence-electron chi connectivity index (χ4n) is 1.98. The number of nitrogens with one attached hydrogen (secondary N) is 1. The molecule has 0 aliphatic rings. The summed E-state index contributed by atoms with van der Waals surface area (Å²) in [6, 6.07) is 6.38. The lowest BCUT2D eigenvalue weighted by molar-refractivity contribution is 0.451. The summed E-state index contributed by atoms with van der Waals surface area (Å²) in [7, 11) is 2.01. The molecule has 2 unspecified atom stereocenters. The molecule has 0 saturated carbocycles. The summed E-state index contributed by atoms with van der Waals surface area (Å²) in [5, 5.41) is 4.62. The van der Waals surface area contributed by atoms with Crippen molar-refractivity contribution in [2.75, 3.05) is 7.05 Å². The maximum absolute atomic E-state index is 6.03. The molecule has 0 heterocycles. The minimum atomic E-state index is 0.444. The van der Waals surface area contributed by atoms with Crippen molar-refractivity contribution in [3.8, 4) is 0 Å². The van der Waals surface area contributed by atoms with Gasteiger partial charge in [0.05, 0.1) is 10.0 Å². The second-order valence-electron chi connectivity index (χ2n) is 4.15. The number of benzene rings is 1. The van der Waals surface area contributed by atoms with Crippen LogP contribution in [0.5, 0.6) is 0 Å². The lowest BCUT2D eigenvalue weighted by Gasteiger charge is -2.23. The lowest BCUT2D eigenvalue weighted by Crippen LogP contribution is -2.30. The largest absolute Gasteiger partial charge is 0.316 e. The van der Waals surface area contributed by atoms with E-state index in [4.69, 9.17) is 23.2 Å². The van der Waals surface area contributed by atoms with Crippen molar-refractivity contribution in [1.82, 2.24) is 5.32 Å². The normalized spacial score (nSPS) is 14.8. The number of likely N-dealkylation sites (N-methyl/N-ethyl adjacent to an activating group) is 1. The average Bonchev–Trinajstić information content (AvgIpc) is 2.28. The second-order valence-corrected chi connectivity index (χ2v) is 4.96. The Labute approximate surface area is 108 Å². The summed E-state index contributed by atoms with van der Waals surface area (Å²) in [6.07, 6.45) is 2.34. The number of hydrogen-bond donors (Lipinski definition) is 1. The monoisotopic (exact) mass is 259 g/mol. The molecule has 0 aliphatic carbocycles. The molecule has 0 bridgehead atoms. The van der Waals surface area contributed by atoms with Gasteiger partial charge in [0, 0.05) is 6.04 Å². The predicted octanol–water partition coefficient (Wildman–Crippen LogP) is 4.49. The highest BCUT2D eigenvalue weighted by Crippen LogP contribution is 2.28. The van der Waals surface area contributed by atoms with Crippen LogP contribution in [0.15, 0.2) is 18.2 Å². The molecular formula is C13H19Cl2N. The number of halogens is 2. The molecular weight excluding hydrogens is 241 g/mol. The fraction of sp³-hybridized carbons (Fsp3) is 0.538. The van der Waals surface area contributed by atoms with Gasteiger partial charge >= 0.3 is 0 Å². The molecule has 1 nitrogen and oxygen atoms in total. The SMILES string of the molecule is CCCC(NC)C(C)c1ccc(Cl)c(Cl)c1. The Hall–Kier alpha value is -0.240. The molecule has 3 heteroatoms. The molecule has 90 valence electrons. The van der Waals surface area contributed by atoms with Crippen LogP contribution >= 0.6 is 23.2 Å². The van der Waals surface area contributed by atoms with E-state index in [1.165, 1.54) is 12.0 Å². The van der Waals surface area contributed by atoms with Crippen LogP contribution < -0.4 is 5.32 Å². The van der Waals surface area contributed by atoms with E-state index < -0.39 is 0 Å². The first-order valence-electron chi connectivity index (χ1n) is 5.72. The second kappa shape index (κ2) is 6.48. The maximum atomic E-state index is 6.03. The zero-order valence-electron chi connectivity index (χ0n) is 10.1. The summed E-state index contributed by atoms with van der Waals surface area (Å²) in [5.41, 5.74) is 1.24. The van der Waals surface area contributed by atoms with Crippen LogP contribution in [0.2, 0.25) is 10.0 Å². The smallest absolute Gasteiger partial charge is 0.0595 e. The molecule has 2 atom stereocenters. The standard InChI is InChI=1S/C13H19Cl2N/c1-4-5-13(16-3)9(2)10-6-7-11(14)12(15)8-10/h6-9,13,16H,4-5H2,1-3H3. The van der Waals surface area contributed by atoms with Crippen molar-refractivity contribution in [1.29, 1.82) is 0 Å². The summed E-state index contributed by atoms with van der Waals surface area (Å²) in [5.74, 6) is 0.444. The van der Waals surface area contributed by atoms with Gasteiger partial charge in [0.1, 0.15) is 0 Å². The molecule has 0 radical (unpaired) electrons. The van der Waals surface area contributed by atoms with Crippen LogP contribution in [0.25, 0.3) is 0 Å². The van der Waals surface area contributed by atoms with Gasteiger partial charge in [-0.1, -0.05) is 49.5 Å². The van der Waals surface area contributed by atoms with Crippen LogP contribution in [0.3, 0.4) is 0 Å². The van der Waals surface area contributed by atoms with E-state index in [1.54, 1.807) is 0 Å². The lowest BCUT2D eigenvalue weighted by atomic mass is 9.91. The predicted molar refractivity (Wildman–Crippen MR) is 72.6 cm³/mol. The van der Waals surface area contributed by atoms with Crippen molar-refractivity contribution in [3.63, 3.8) is 0 Å². The van der Waals surface area contributed by atoms with Crippen LogP contribution in [-0.4, -0.2) is 13.1 Å². The molecule has 0 aromatic heterocycles. The van der Waals surface area contributed by atoms with Crippen molar-refractivity contribution >= 4 is 23.2 Å². The third-order valence-corrected chi connectivity index (χ3v) is 3.78. The quantitative estimate of drug-likeness (QED) is 0.822. The topological polar surface area (TPSA) is 12.0 Å². The average molecular weight is 260 g/mol. The van der Waals surface area contributed by atoms with Gasteiger partial charge in [-0.2, -0.15) is 0 Å². The third kappa shape index (κ3) is 3.38. The zero-order valence-corrected chi connectivity index (χ0v) is 11.6. The molecule has 0 fully saturated rings. The van der Waals surface area contributed by atoms with Gasteiger partial charge in [-0.15, -0.1) is 0 Å². The van der Waals surface area contributed by atoms with Gasteiger partial charge in [0.2, 0.25) is 0 Å². The molecule has 1 rings (SSSR count). The Kier molecular flexibility index (Phi) is 5.60. The van der Waals surface area contributed by atoms with Gasteiger partial charge in [-0.3, -0.25) is 0 Å². The first kappa shape index (κ1) is 13.8. The molecule has 0 aliphatic heterocycles. The van der Waals surface area contributed by atoms with E-state index in [-0.39, 0.29) is 0 Å². The maximum Gasteiger partial charge on any atom is 0.0595 e. The van der Waals surface area contributed by atoms with Crippen LogP contribution in [0.1, 0.15) is 38.2 Å². The number of hydrogen-bond acceptors (Lipinski definition) is 1. The Morgan fingerprint density at radius 3 is 2.44 bits per heavy atom. The van der Waals surface area contributed by atoms with Crippen LogP contribution in [-0.2, 0) is 0 Å². The van der Waals surface area contributed by atoms with E-state index in [0.717, 1.165) is 6.42 Å². The van der Waals surface area contributed by atoms with Crippen molar-refractivity contribution in [3.05, 3.63) is 33.8 Å². The molecule has 0 spiro atoms. The number of rotatable bonds is 5. The van der Waals surface area contributed by atoms with E-state index in [9.17, 15) is 0 Å². The molecule has 0 saturated heterocycles. The zero-order chi connectivity index (χ0) is 12.1. The third-order valence-electron chi connectivity index (χ3n) is 3.04. The van der Waals surface area contributed by atoms with E-state index >= 15 is 0 Å². The molecule has 1 N–H and O–H groups in total. The van der Waals surface area contributed by atoms with Crippen LogP contribution in [0, 0.1) is 0 Å². The minimum Gasteiger partial charge on any atom is -0.316 e. The summed E-state index contributed by atoms with van der Waals surface area (Å²) >= 11 is 11.9. The first-order valence-corrected chi connectivity index (χ1v) is 6.48. The van der Waals surface area contributed by atoms with Crippen molar-refractivity contribution in [2.45, 2.75) is 38.6 Å². The highest BCUT2D eigenvalue weighted by molar-refractivity contribution is 6.42. The van der Waals surface area contributed by atoms with E-state index in [0.29, 0.717) is 22.0 Å². The minimum absolute atomic E-state index is 0.444. The van der Waals surface area contributed by atoms with Gasteiger partial charge < -0.3 is 5.32 Å². The van der Waals surface area contributed by atoms with Gasteiger partial charge in [0.25, 0.3) is 0 Å². The first-order chi connectivity index (χ1) is 7.60. The Bertz CT molecular complexity index is 339. The summed E-state index contributed by atoms with van der Waals surface area (Å²) in [6.45, 7) is 4.42. The van der Waals surface area contributed by atoms with Crippen molar-refractivity contribution < 1.29 is 0 Å². The van der Waals surface area contributed by atoms with E-state index in [1.807, 2.05) is 19.2 Å². The summed E-state index contributed by atoms with van der Waals surface area (Å²) < 4.78 is 0. The highest BCUT2D eigenvalue weighted by atomic mass is 35.5. The highest BCUT2D eigenvalue weighted by Gasteiger charge is 2.16. The summed E-state index contributed by atoms with van der Waals surface area (Å²) in [4.78, 5) is 0. The molecule has 1 aromatic rings. The Morgan fingerprint density at radius 2 is 1.94 bits per heavy atom. The Balaban J connectivity index is 2.85. The Morgan fingerprint density at radius 1 is 1.25 bits per heavy atom. The van der Waals surface area contributed by atoms with Gasteiger partial charge in [0.15, 0.2) is 0 Å². The molecule has 1 aromatic carbocycles.